The van der Waals surface area contributed by atoms with E-state index in [2.05, 4.69) is 37.8 Å². The van der Waals surface area contributed by atoms with Crippen molar-refractivity contribution in [2.24, 2.45) is 11.8 Å². The quantitative estimate of drug-likeness (QED) is 0.622. The van der Waals surface area contributed by atoms with Crippen molar-refractivity contribution in [2.45, 2.75) is 40.0 Å². The van der Waals surface area contributed by atoms with E-state index in [1.54, 1.807) is 0 Å². The van der Waals surface area contributed by atoms with Crippen LogP contribution in [0, 0.1) is 11.8 Å². The Morgan fingerprint density at radius 1 is 1.14 bits per heavy atom. The molecule has 82 valence electrons. The van der Waals surface area contributed by atoms with E-state index in [-0.39, 0.29) is 0 Å². The molecular weight excluding hydrogens is 170 g/mol. The Morgan fingerprint density at radius 3 is 2.57 bits per heavy atom. The van der Waals surface area contributed by atoms with Gasteiger partial charge in [-0.05, 0) is 31.2 Å². The Balaban J connectivity index is 2.48. The topological polar surface area (TPSA) is 3.24 Å². The summed E-state index contributed by atoms with van der Waals surface area (Å²) in [6.45, 7) is 10.7. The van der Waals surface area contributed by atoms with Crippen molar-refractivity contribution >= 4 is 0 Å². The molecule has 0 spiro atoms. The molecule has 1 unspecified atom stereocenters. The molecule has 0 aromatic carbocycles. The second-order valence-corrected chi connectivity index (χ2v) is 4.67. The van der Waals surface area contributed by atoms with Crippen LogP contribution in [-0.4, -0.2) is 24.5 Å². The second kappa shape index (κ2) is 6.23. The first kappa shape index (κ1) is 11.8. The zero-order chi connectivity index (χ0) is 10.4. The van der Waals surface area contributed by atoms with E-state index in [1.807, 2.05) is 0 Å². The Morgan fingerprint density at radius 2 is 1.93 bits per heavy atom. The van der Waals surface area contributed by atoms with Crippen molar-refractivity contribution in [3.05, 3.63) is 12.2 Å². The molecule has 0 aromatic rings. The van der Waals surface area contributed by atoms with Gasteiger partial charge >= 0.3 is 0 Å². The molecule has 0 amide bonds. The van der Waals surface area contributed by atoms with Gasteiger partial charge in [-0.25, -0.2) is 0 Å². The van der Waals surface area contributed by atoms with Crippen LogP contribution in [0.4, 0.5) is 0 Å². The van der Waals surface area contributed by atoms with Gasteiger partial charge < -0.3 is 4.90 Å². The van der Waals surface area contributed by atoms with Crippen LogP contribution < -0.4 is 0 Å². The predicted molar refractivity (Wildman–Crippen MR) is 63.4 cm³/mol. The normalized spacial score (nSPS) is 29.1. The molecule has 1 aliphatic heterocycles. The Bertz CT molecular complexity index is 174. The van der Waals surface area contributed by atoms with E-state index < -0.39 is 0 Å². The lowest BCUT2D eigenvalue weighted by Gasteiger charge is -2.24. The first-order chi connectivity index (χ1) is 6.76. The van der Waals surface area contributed by atoms with E-state index in [0.717, 1.165) is 11.8 Å². The maximum atomic E-state index is 2.63. The Kier molecular flexibility index (Phi) is 5.24. The van der Waals surface area contributed by atoms with E-state index in [9.17, 15) is 0 Å². The molecule has 1 rings (SSSR count). The van der Waals surface area contributed by atoms with Crippen LogP contribution in [0.2, 0.25) is 0 Å². The van der Waals surface area contributed by atoms with Crippen molar-refractivity contribution in [1.29, 1.82) is 0 Å². The van der Waals surface area contributed by atoms with E-state index >= 15 is 0 Å². The van der Waals surface area contributed by atoms with E-state index in [0.29, 0.717) is 0 Å². The molecule has 0 saturated heterocycles. The minimum absolute atomic E-state index is 0.739. The van der Waals surface area contributed by atoms with Gasteiger partial charge in [0.25, 0.3) is 0 Å². The third kappa shape index (κ3) is 3.83. The highest BCUT2D eigenvalue weighted by Gasteiger charge is 2.16. The average Bonchev–Trinajstić information content (AvgIpc) is 2.30. The van der Waals surface area contributed by atoms with Gasteiger partial charge in [-0.15, -0.1) is 0 Å². The monoisotopic (exact) mass is 195 g/mol. The average molecular weight is 195 g/mol. The fourth-order valence-electron chi connectivity index (χ4n) is 2.34. The molecule has 14 heavy (non-hydrogen) atoms. The van der Waals surface area contributed by atoms with Crippen LogP contribution in [0.5, 0.6) is 0 Å². The fraction of sp³-hybridized carbons (Fsp3) is 0.846. The zero-order valence-electron chi connectivity index (χ0n) is 10.00. The van der Waals surface area contributed by atoms with Crippen molar-refractivity contribution in [3.8, 4) is 0 Å². The maximum Gasteiger partial charge on any atom is 0.00446 e. The highest BCUT2D eigenvalue weighted by atomic mass is 15.1. The Labute approximate surface area is 89.2 Å². The van der Waals surface area contributed by atoms with Crippen molar-refractivity contribution in [1.82, 2.24) is 4.90 Å². The van der Waals surface area contributed by atoms with Crippen LogP contribution in [0.15, 0.2) is 12.2 Å². The van der Waals surface area contributed by atoms with Crippen LogP contribution in [0.1, 0.15) is 40.0 Å². The minimum Gasteiger partial charge on any atom is -0.302 e. The van der Waals surface area contributed by atoms with Crippen molar-refractivity contribution in [3.63, 3.8) is 0 Å². The van der Waals surface area contributed by atoms with Crippen LogP contribution in [0.25, 0.3) is 0 Å². The fourth-order valence-corrected chi connectivity index (χ4v) is 2.34. The summed E-state index contributed by atoms with van der Waals surface area (Å²) < 4.78 is 0. The van der Waals surface area contributed by atoms with Gasteiger partial charge in [-0.1, -0.05) is 39.3 Å². The van der Waals surface area contributed by atoms with Gasteiger partial charge in [0.05, 0.1) is 0 Å². The highest BCUT2D eigenvalue weighted by molar-refractivity contribution is 4.96. The van der Waals surface area contributed by atoms with Crippen LogP contribution >= 0.6 is 0 Å². The summed E-state index contributed by atoms with van der Waals surface area (Å²) in [4.78, 5) is 2.63. The summed E-state index contributed by atoms with van der Waals surface area (Å²) in [5, 5.41) is 0. The van der Waals surface area contributed by atoms with Gasteiger partial charge in [0.1, 0.15) is 0 Å². The van der Waals surface area contributed by atoms with Crippen LogP contribution in [0.3, 0.4) is 0 Å². The molecule has 0 radical (unpaired) electrons. The largest absolute Gasteiger partial charge is 0.302 e. The molecule has 0 fully saturated rings. The molecule has 0 saturated carbocycles. The lowest BCUT2D eigenvalue weighted by atomic mass is 10.0. The summed E-state index contributed by atoms with van der Waals surface area (Å²) in [7, 11) is 0. The third-order valence-corrected chi connectivity index (χ3v) is 2.95. The molecular formula is C13H25N. The maximum absolute atomic E-state index is 2.63. The van der Waals surface area contributed by atoms with Gasteiger partial charge in [-0.3, -0.25) is 0 Å². The number of nitrogens with zero attached hydrogens (tertiary/aromatic N) is 1. The van der Waals surface area contributed by atoms with Crippen molar-refractivity contribution in [2.75, 3.05) is 19.6 Å². The summed E-state index contributed by atoms with van der Waals surface area (Å²) in [5.74, 6) is 1.54. The molecule has 0 bridgehead atoms. The standard InChI is InChI=1S/C13H25N/c1-4-6-13-8-7-12(3)10-14(11-13)9-5-2/h7-8,12-13H,4-6,9-11H2,1-3H3/t12-,13?/m0/s1. The SMILES string of the molecule is CCCC1C=C[C@H](C)CN(CCC)C1. The lowest BCUT2D eigenvalue weighted by Crippen LogP contribution is -2.31. The molecule has 0 aromatic heterocycles. The zero-order valence-corrected chi connectivity index (χ0v) is 10.00. The molecule has 0 N–H and O–H groups in total. The number of rotatable bonds is 4. The molecule has 0 aliphatic carbocycles. The van der Waals surface area contributed by atoms with Gasteiger partial charge in [0, 0.05) is 13.1 Å². The highest BCUT2D eigenvalue weighted by Crippen LogP contribution is 2.17. The summed E-state index contributed by atoms with van der Waals surface area (Å²) in [5.41, 5.74) is 0. The summed E-state index contributed by atoms with van der Waals surface area (Å²) in [6, 6.07) is 0. The molecule has 1 aliphatic rings. The summed E-state index contributed by atoms with van der Waals surface area (Å²) >= 11 is 0. The molecule has 1 nitrogen and oxygen atoms in total. The predicted octanol–water partition coefficient (Wildman–Crippen LogP) is 3.32. The van der Waals surface area contributed by atoms with Crippen LogP contribution in [-0.2, 0) is 0 Å². The first-order valence-electron chi connectivity index (χ1n) is 6.16. The van der Waals surface area contributed by atoms with Gasteiger partial charge in [-0.2, -0.15) is 0 Å². The molecule has 2 atom stereocenters. The minimum atomic E-state index is 0.739. The smallest absolute Gasteiger partial charge is 0.00446 e. The second-order valence-electron chi connectivity index (χ2n) is 4.67. The van der Waals surface area contributed by atoms with E-state index in [4.69, 9.17) is 0 Å². The summed E-state index contributed by atoms with van der Waals surface area (Å²) in [6.07, 6.45) is 8.80. The lowest BCUT2D eigenvalue weighted by molar-refractivity contribution is 0.235. The van der Waals surface area contributed by atoms with E-state index in [1.165, 1.54) is 38.9 Å². The molecule has 1 heterocycles. The van der Waals surface area contributed by atoms with Crippen molar-refractivity contribution < 1.29 is 0 Å². The van der Waals surface area contributed by atoms with Gasteiger partial charge in [0.2, 0.25) is 0 Å². The molecule has 1 heteroatoms. The third-order valence-electron chi connectivity index (χ3n) is 2.95. The Hall–Kier alpha value is -0.300. The van der Waals surface area contributed by atoms with Gasteiger partial charge in [0.15, 0.2) is 0 Å². The first-order valence-corrected chi connectivity index (χ1v) is 6.16. The number of hydrogen-bond acceptors (Lipinski definition) is 1. The number of hydrogen-bond donors (Lipinski definition) is 0.